The third-order valence-electron chi connectivity index (χ3n) is 2.46. The molecule has 1 amide bonds. The molecule has 0 aliphatic carbocycles. The van der Waals surface area contributed by atoms with Gasteiger partial charge in [-0.3, -0.25) is 4.79 Å². The second kappa shape index (κ2) is 6.49. The third-order valence-corrected chi connectivity index (χ3v) is 2.70. The fraction of sp³-hybridized carbons (Fsp3) is 0.0714. The van der Waals surface area contributed by atoms with E-state index in [9.17, 15) is 18.0 Å². The molecular weight excluding hydrogens is 307 g/mol. The molecular formula is C14H9ClF3NO2. The van der Waals surface area contributed by atoms with Gasteiger partial charge in [0.05, 0.1) is 5.69 Å². The molecule has 0 atom stereocenters. The quantitative estimate of drug-likeness (QED) is 0.932. The van der Waals surface area contributed by atoms with Gasteiger partial charge in [-0.05, 0) is 30.3 Å². The zero-order chi connectivity index (χ0) is 15.4. The normalized spacial score (nSPS) is 10.3. The molecule has 0 radical (unpaired) electrons. The molecule has 0 heterocycles. The maximum Gasteiger partial charge on any atom is 0.262 e. The average Bonchev–Trinajstić information content (AvgIpc) is 2.44. The predicted molar refractivity (Wildman–Crippen MR) is 71.9 cm³/mol. The van der Waals surface area contributed by atoms with E-state index >= 15 is 0 Å². The Labute approximate surface area is 123 Å². The van der Waals surface area contributed by atoms with Crippen molar-refractivity contribution in [3.8, 4) is 5.75 Å². The van der Waals surface area contributed by atoms with Crippen molar-refractivity contribution in [1.29, 1.82) is 0 Å². The first-order valence-corrected chi connectivity index (χ1v) is 6.16. The second-order valence-electron chi connectivity index (χ2n) is 4.04. The Morgan fingerprint density at radius 1 is 1.05 bits per heavy atom. The van der Waals surface area contributed by atoms with Gasteiger partial charge in [-0.15, -0.1) is 0 Å². The van der Waals surface area contributed by atoms with Gasteiger partial charge < -0.3 is 10.1 Å². The Hall–Kier alpha value is -2.21. The van der Waals surface area contributed by atoms with Crippen LogP contribution in [0.5, 0.6) is 5.75 Å². The van der Waals surface area contributed by atoms with Crippen molar-refractivity contribution in [2.24, 2.45) is 0 Å². The van der Waals surface area contributed by atoms with E-state index in [0.29, 0.717) is 0 Å². The van der Waals surface area contributed by atoms with Crippen LogP contribution >= 0.6 is 11.6 Å². The topological polar surface area (TPSA) is 38.3 Å². The second-order valence-corrected chi connectivity index (χ2v) is 4.47. The number of benzene rings is 2. The van der Waals surface area contributed by atoms with Crippen LogP contribution < -0.4 is 10.1 Å². The van der Waals surface area contributed by atoms with Gasteiger partial charge in [0.1, 0.15) is 11.6 Å². The minimum atomic E-state index is -1.09. The van der Waals surface area contributed by atoms with E-state index in [1.165, 1.54) is 18.2 Å². The van der Waals surface area contributed by atoms with Gasteiger partial charge in [-0.1, -0.05) is 11.6 Å². The van der Waals surface area contributed by atoms with E-state index in [4.69, 9.17) is 16.3 Å². The molecule has 3 nitrogen and oxygen atoms in total. The highest BCUT2D eigenvalue weighted by Crippen LogP contribution is 2.20. The summed E-state index contributed by atoms with van der Waals surface area (Å²) < 4.78 is 44.0. The van der Waals surface area contributed by atoms with E-state index < -0.39 is 30.0 Å². The molecule has 2 aromatic carbocycles. The summed E-state index contributed by atoms with van der Waals surface area (Å²) in [5.74, 6) is -3.45. The molecule has 0 aliphatic heterocycles. The summed E-state index contributed by atoms with van der Waals surface area (Å²) in [6, 6.07) is 6.54. The van der Waals surface area contributed by atoms with Crippen molar-refractivity contribution in [3.05, 3.63) is 58.9 Å². The van der Waals surface area contributed by atoms with Crippen LogP contribution in [0.2, 0.25) is 5.02 Å². The van der Waals surface area contributed by atoms with Gasteiger partial charge >= 0.3 is 0 Å². The largest absolute Gasteiger partial charge is 0.484 e. The minimum absolute atomic E-state index is 0.0179. The van der Waals surface area contributed by atoms with Crippen LogP contribution in [0.3, 0.4) is 0 Å². The Morgan fingerprint density at radius 3 is 2.48 bits per heavy atom. The Balaban J connectivity index is 1.95. The average molecular weight is 316 g/mol. The first kappa shape index (κ1) is 15.2. The predicted octanol–water partition coefficient (Wildman–Crippen LogP) is 3.77. The van der Waals surface area contributed by atoms with Crippen molar-refractivity contribution in [2.75, 3.05) is 11.9 Å². The van der Waals surface area contributed by atoms with E-state index in [-0.39, 0.29) is 16.5 Å². The van der Waals surface area contributed by atoms with Crippen molar-refractivity contribution >= 4 is 23.2 Å². The lowest BCUT2D eigenvalue weighted by Gasteiger charge is -2.08. The summed E-state index contributed by atoms with van der Waals surface area (Å²) in [5, 5.41) is 2.51. The number of nitrogens with one attached hydrogen (secondary N) is 1. The van der Waals surface area contributed by atoms with Crippen molar-refractivity contribution in [1.82, 2.24) is 0 Å². The minimum Gasteiger partial charge on any atom is -0.484 e. The van der Waals surface area contributed by atoms with Crippen LogP contribution in [-0.4, -0.2) is 12.5 Å². The summed E-state index contributed by atoms with van der Waals surface area (Å²) in [6.45, 7) is -0.489. The van der Waals surface area contributed by atoms with Crippen LogP contribution in [0.25, 0.3) is 0 Å². The number of carbonyl (C=O) groups is 1. The van der Waals surface area contributed by atoms with E-state index in [2.05, 4.69) is 5.32 Å². The fourth-order valence-electron chi connectivity index (χ4n) is 1.50. The summed E-state index contributed by atoms with van der Waals surface area (Å²) in [4.78, 5) is 11.6. The molecule has 0 bridgehead atoms. The standard InChI is InChI=1S/C14H9ClF3NO2/c15-8-1-3-11(17)13(5-8)19-14(20)7-21-9-2-4-10(16)12(18)6-9/h1-6H,7H2,(H,19,20). The zero-order valence-electron chi connectivity index (χ0n) is 10.5. The highest BCUT2D eigenvalue weighted by molar-refractivity contribution is 6.30. The lowest BCUT2D eigenvalue weighted by atomic mass is 10.3. The first-order chi connectivity index (χ1) is 9.95. The van der Waals surface area contributed by atoms with E-state index in [1.54, 1.807) is 0 Å². The molecule has 0 fully saturated rings. The molecule has 0 spiro atoms. The van der Waals surface area contributed by atoms with Gasteiger partial charge in [-0.2, -0.15) is 0 Å². The smallest absolute Gasteiger partial charge is 0.262 e. The Bertz CT molecular complexity index is 679. The Morgan fingerprint density at radius 2 is 1.76 bits per heavy atom. The maximum atomic E-state index is 13.4. The van der Waals surface area contributed by atoms with Crippen LogP contribution in [-0.2, 0) is 4.79 Å². The molecule has 110 valence electrons. The maximum absolute atomic E-state index is 13.4. The van der Waals surface area contributed by atoms with Crippen molar-refractivity contribution < 1.29 is 22.7 Å². The summed E-state index contributed by atoms with van der Waals surface area (Å²) in [7, 11) is 0. The fourth-order valence-corrected chi connectivity index (χ4v) is 1.67. The van der Waals surface area contributed by atoms with Crippen LogP contribution in [0.15, 0.2) is 36.4 Å². The van der Waals surface area contributed by atoms with E-state index in [1.807, 2.05) is 0 Å². The highest BCUT2D eigenvalue weighted by Gasteiger charge is 2.09. The number of rotatable bonds is 4. The first-order valence-electron chi connectivity index (χ1n) is 5.78. The zero-order valence-corrected chi connectivity index (χ0v) is 11.3. The number of carbonyl (C=O) groups excluding carboxylic acids is 1. The summed E-state index contributed by atoms with van der Waals surface area (Å²) >= 11 is 5.68. The van der Waals surface area contributed by atoms with Crippen molar-refractivity contribution in [2.45, 2.75) is 0 Å². The number of hydrogen-bond acceptors (Lipinski definition) is 2. The molecule has 21 heavy (non-hydrogen) atoms. The summed E-state index contributed by atoms with van der Waals surface area (Å²) in [5.41, 5.74) is -0.0959. The molecule has 0 saturated carbocycles. The number of amides is 1. The van der Waals surface area contributed by atoms with Crippen LogP contribution in [0, 0.1) is 17.5 Å². The number of anilines is 1. The number of hydrogen-bond donors (Lipinski definition) is 1. The van der Waals surface area contributed by atoms with Gasteiger partial charge in [0.2, 0.25) is 0 Å². The van der Waals surface area contributed by atoms with E-state index in [0.717, 1.165) is 18.2 Å². The molecule has 0 aliphatic rings. The molecule has 7 heteroatoms. The number of halogens is 4. The lowest BCUT2D eigenvalue weighted by Crippen LogP contribution is -2.20. The van der Waals surface area contributed by atoms with Gasteiger partial charge in [0.25, 0.3) is 5.91 Å². The summed E-state index contributed by atoms with van der Waals surface area (Å²) in [6.07, 6.45) is 0. The van der Waals surface area contributed by atoms with Crippen LogP contribution in [0.4, 0.5) is 18.9 Å². The number of ether oxygens (including phenoxy) is 1. The molecule has 0 aromatic heterocycles. The molecule has 2 rings (SSSR count). The molecule has 1 N–H and O–H groups in total. The Kier molecular flexibility index (Phi) is 4.70. The molecule has 0 saturated heterocycles. The van der Waals surface area contributed by atoms with Crippen molar-refractivity contribution in [3.63, 3.8) is 0 Å². The molecule has 2 aromatic rings. The van der Waals surface area contributed by atoms with Gasteiger partial charge in [0.15, 0.2) is 18.2 Å². The van der Waals surface area contributed by atoms with Gasteiger partial charge in [-0.25, -0.2) is 13.2 Å². The van der Waals surface area contributed by atoms with Crippen LogP contribution in [0.1, 0.15) is 0 Å². The SMILES string of the molecule is O=C(COc1ccc(F)c(F)c1)Nc1cc(Cl)ccc1F. The third kappa shape index (κ3) is 4.13. The highest BCUT2D eigenvalue weighted by atomic mass is 35.5. The monoisotopic (exact) mass is 315 g/mol. The molecule has 0 unspecified atom stereocenters. The van der Waals surface area contributed by atoms with Gasteiger partial charge in [0, 0.05) is 11.1 Å². The lowest BCUT2D eigenvalue weighted by molar-refractivity contribution is -0.118.